The largest absolute Gasteiger partial charge is 0.399 e. The molecule has 2 amide bonds. The number of benzene rings is 1. The average molecular weight is 298 g/mol. The van der Waals surface area contributed by atoms with E-state index in [1.807, 2.05) is 0 Å². The summed E-state index contributed by atoms with van der Waals surface area (Å²) in [6.07, 6.45) is 0. The minimum absolute atomic E-state index is 0.102. The molecule has 5 nitrogen and oxygen atoms in total. The van der Waals surface area contributed by atoms with Gasteiger partial charge in [0.15, 0.2) is 0 Å². The monoisotopic (exact) mass is 297 g/mol. The number of hydrogen-bond acceptors (Lipinski definition) is 3. The highest BCUT2D eigenvalue weighted by atomic mass is 79.9. The number of hydrogen-bond donors (Lipinski definition) is 2. The molecule has 3 N–H and O–H groups in total. The van der Waals surface area contributed by atoms with Gasteiger partial charge in [-0.3, -0.25) is 9.59 Å². The third kappa shape index (κ3) is 2.76. The number of carbonyl (C=O) groups is 2. The van der Waals surface area contributed by atoms with Crippen LogP contribution in [0.3, 0.4) is 0 Å². The van der Waals surface area contributed by atoms with E-state index in [0.717, 1.165) is 4.47 Å². The number of piperazine rings is 1. The third-order valence-corrected chi connectivity index (χ3v) is 2.95. The molecule has 1 aromatic rings. The molecule has 17 heavy (non-hydrogen) atoms. The van der Waals surface area contributed by atoms with Gasteiger partial charge in [0.05, 0.1) is 6.54 Å². The first-order chi connectivity index (χ1) is 8.06. The standard InChI is InChI=1S/C11H12BrN3O2/c12-8-3-7(4-9(13)5-8)11(17)15-2-1-14-10(16)6-15/h3-5H,1-2,6,13H2,(H,14,16). The van der Waals surface area contributed by atoms with Crippen molar-refractivity contribution in [3.05, 3.63) is 28.2 Å². The fraction of sp³-hybridized carbons (Fsp3) is 0.273. The van der Waals surface area contributed by atoms with Gasteiger partial charge in [0.25, 0.3) is 5.91 Å². The second kappa shape index (κ2) is 4.75. The molecule has 0 radical (unpaired) electrons. The zero-order valence-electron chi connectivity index (χ0n) is 9.07. The molecular weight excluding hydrogens is 286 g/mol. The molecular formula is C11H12BrN3O2. The number of anilines is 1. The van der Waals surface area contributed by atoms with Crippen LogP contribution in [0.4, 0.5) is 5.69 Å². The quantitative estimate of drug-likeness (QED) is 0.746. The Balaban J connectivity index is 2.21. The van der Waals surface area contributed by atoms with E-state index in [-0.39, 0.29) is 18.4 Å². The van der Waals surface area contributed by atoms with Gasteiger partial charge in [-0.1, -0.05) is 15.9 Å². The van der Waals surface area contributed by atoms with Gasteiger partial charge in [0.2, 0.25) is 5.91 Å². The van der Waals surface area contributed by atoms with Crippen molar-refractivity contribution in [1.29, 1.82) is 0 Å². The Hall–Kier alpha value is -1.56. The van der Waals surface area contributed by atoms with Crippen molar-refractivity contribution in [3.63, 3.8) is 0 Å². The predicted octanol–water partition coefficient (Wildman–Crippen LogP) is 0.603. The van der Waals surface area contributed by atoms with Gasteiger partial charge in [-0.15, -0.1) is 0 Å². The molecule has 1 fully saturated rings. The third-order valence-electron chi connectivity index (χ3n) is 2.49. The minimum atomic E-state index is -0.173. The molecule has 1 aliphatic rings. The summed E-state index contributed by atoms with van der Waals surface area (Å²) in [7, 11) is 0. The first kappa shape index (κ1) is 11.9. The van der Waals surface area contributed by atoms with Crippen LogP contribution in [0.1, 0.15) is 10.4 Å². The number of nitrogens with one attached hydrogen (secondary N) is 1. The molecule has 0 saturated carbocycles. The van der Waals surface area contributed by atoms with E-state index in [2.05, 4.69) is 21.2 Å². The highest BCUT2D eigenvalue weighted by Crippen LogP contribution is 2.18. The van der Waals surface area contributed by atoms with Crippen LogP contribution >= 0.6 is 15.9 Å². The number of nitrogens with zero attached hydrogens (tertiary/aromatic N) is 1. The van der Waals surface area contributed by atoms with Gasteiger partial charge in [0.1, 0.15) is 0 Å². The maximum Gasteiger partial charge on any atom is 0.254 e. The van der Waals surface area contributed by atoms with E-state index in [1.54, 1.807) is 18.2 Å². The zero-order valence-corrected chi connectivity index (χ0v) is 10.7. The van der Waals surface area contributed by atoms with Crippen LogP contribution in [-0.4, -0.2) is 36.3 Å². The number of amides is 2. The summed E-state index contributed by atoms with van der Waals surface area (Å²) in [5, 5.41) is 2.67. The average Bonchev–Trinajstić information content (AvgIpc) is 2.26. The lowest BCUT2D eigenvalue weighted by Gasteiger charge is -2.26. The van der Waals surface area contributed by atoms with Crippen molar-refractivity contribution < 1.29 is 9.59 Å². The summed E-state index contributed by atoms with van der Waals surface area (Å²) in [5.41, 5.74) is 6.68. The molecule has 90 valence electrons. The van der Waals surface area contributed by atoms with E-state index < -0.39 is 0 Å². The van der Waals surface area contributed by atoms with Gasteiger partial charge in [-0.05, 0) is 18.2 Å². The summed E-state index contributed by atoms with van der Waals surface area (Å²) in [5.74, 6) is -0.305. The molecule has 0 aromatic heterocycles. The summed E-state index contributed by atoms with van der Waals surface area (Å²) in [6.45, 7) is 1.12. The van der Waals surface area contributed by atoms with Gasteiger partial charge in [-0.2, -0.15) is 0 Å². The summed E-state index contributed by atoms with van der Waals surface area (Å²) < 4.78 is 0.752. The van der Waals surface area contributed by atoms with Crippen LogP contribution in [0, 0.1) is 0 Å². The fourth-order valence-electron chi connectivity index (χ4n) is 1.73. The van der Waals surface area contributed by atoms with Crippen LogP contribution in [0.2, 0.25) is 0 Å². The van der Waals surface area contributed by atoms with Crippen LogP contribution < -0.4 is 11.1 Å². The summed E-state index contributed by atoms with van der Waals surface area (Å²) in [6, 6.07) is 5.03. The minimum Gasteiger partial charge on any atom is -0.399 e. The van der Waals surface area contributed by atoms with E-state index in [1.165, 1.54) is 4.90 Å². The lowest BCUT2D eigenvalue weighted by Crippen LogP contribution is -2.49. The molecule has 1 heterocycles. The number of halogens is 1. The van der Waals surface area contributed by atoms with E-state index in [4.69, 9.17) is 5.73 Å². The van der Waals surface area contributed by atoms with Crippen LogP contribution in [0.15, 0.2) is 22.7 Å². The molecule has 0 spiro atoms. The van der Waals surface area contributed by atoms with Gasteiger partial charge in [-0.25, -0.2) is 0 Å². The molecule has 1 aromatic carbocycles. The topological polar surface area (TPSA) is 75.4 Å². The van der Waals surface area contributed by atoms with E-state index in [0.29, 0.717) is 24.3 Å². The maximum atomic E-state index is 12.1. The lowest BCUT2D eigenvalue weighted by atomic mass is 10.1. The van der Waals surface area contributed by atoms with Crippen LogP contribution in [0.25, 0.3) is 0 Å². The second-order valence-corrected chi connectivity index (χ2v) is 4.77. The van der Waals surface area contributed by atoms with Gasteiger partial charge >= 0.3 is 0 Å². The first-order valence-corrected chi connectivity index (χ1v) is 5.97. The summed E-state index contributed by atoms with van der Waals surface area (Å²) in [4.78, 5) is 24.8. The Bertz CT molecular complexity index is 456. The van der Waals surface area contributed by atoms with Crippen molar-refractivity contribution in [3.8, 4) is 0 Å². The Morgan fingerprint density at radius 3 is 2.82 bits per heavy atom. The maximum absolute atomic E-state index is 12.1. The normalized spacial score (nSPS) is 15.6. The van der Waals surface area contributed by atoms with Gasteiger partial charge < -0.3 is 16.0 Å². The lowest BCUT2D eigenvalue weighted by molar-refractivity contribution is -0.123. The van der Waals surface area contributed by atoms with Gasteiger partial charge in [0, 0.05) is 28.8 Å². The molecule has 0 bridgehead atoms. The molecule has 0 unspecified atom stereocenters. The highest BCUT2D eigenvalue weighted by Gasteiger charge is 2.22. The molecule has 6 heteroatoms. The highest BCUT2D eigenvalue weighted by molar-refractivity contribution is 9.10. The van der Waals surface area contributed by atoms with E-state index in [9.17, 15) is 9.59 Å². The SMILES string of the molecule is Nc1cc(Br)cc(C(=O)N2CCNC(=O)C2)c1. The number of rotatable bonds is 1. The zero-order chi connectivity index (χ0) is 12.4. The van der Waals surface area contributed by atoms with Crippen molar-refractivity contribution in [1.82, 2.24) is 10.2 Å². The second-order valence-electron chi connectivity index (χ2n) is 3.85. The first-order valence-electron chi connectivity index (χ1n) is 5.18. The fourth-order valence-corrected chi connectivity index (χ4v) is 2.24. The van der Waals surface area contributed by atoms with Crippen molar-refractivity contribution in [2.45, 2.75) is 0 Å². The molecule has 0 atom stereocenters. The van der Waals surface area contributed by atoms with E-state index >= 15 is 0 Å². The molecule has 0 aliphatic carbocycles. The molecule has 1 aliphatic heterocycles. The summed E-state index contributed by atoms with van der Waals surface area (Å²) >= 11 is 3.29. The number of carbonyl (C=O) groups excluding carboxylic acids is 2. The molecule has 2 rings (SSSR count). The Kier molecular flexibility index (Phi) is 3.33. The predicted molar refractivity (Wildman–Crippen MR) is 67.5 cm³/mol. The number of nitrogens with two attached hydrogens (primary N) is 1. The Labute approximate surface area is 107 Å². The Morgan fingerprint density at radius 2 is 2.18 bits per heavy atom. The van der Waals surface area contributed by atoms with Crippen molar-refractivity contribution in [2.24, 2.45) is 0 Å². The van der Waals surface area contributed by atoms with Crippen molar-refractivity contribution in [2.75, 3.05) is 25.4 Å². The Morgan fingerprint density at radius 1 is 1.41 bits per heavy atom. The smallest absolute Gasteiger partial charge is 0.254 e. The molecule has 1 saturated heterocycles. The number of nitrogen functional groups attached to an aromatic ring is 1. The van der Waals surface area contributed by atoms with Crippen LogP contribution in [0.5, 0.6) is 0 Å². The van der Waals surface area contributed by atoms with Crippen molar-refractivity contribution >= 4 is 33.4 Å². The van der Waals surface area contributed by atoms with Crippen LogP contribution in [-0.2, 0) is 4.79 Å².